The molecule has 1 aromatic carbocycles. The third-order valence-corrected chi connectivity index (χ3v) is 5.18. The number of hydrogen-bond donors (Lipinski definition) is 0. The number of pyridine rings is 1. The summed E-state index contributed by atoms with van der Waals surface area (Å²) < 4.78 is 1.96. The van der Waals surface area contributed by atoms with E-state index in [2.05, 4.69) is 0 Å². The molecule has 0 radical (unpaired) electrons. The number of hydrogen-bond acceptors (Lipinski definition) is 3. The average molecular weight is 345 g/mol. The molecule has 25 heavy (non-hydrogen) atoms. The molecule has 0 aliphatic rings. The van der Waals surface area contributed by atoms with E-state index in [-0.39, 0.29) is 12.2 Å². The topological polar surface area (TPSA) is 38.5 Å². The summed E-state index contributed by atoms with van der Waals surface area (Å²) in [4.78, 5) is 25.6. The summed E-state index contributed by atoms with van der Waals surface area (Å²) in [5.74, 6) is 0.0408. The maximum Gasteiger partial charge on any atom is 0.168 e. The van der Waals surface area contributed by atoms with E-state index < -0.39 is 0 Å². The van der Waals surface area contributed by atoms with Gasteiger partial charge in [-0.3, -0.25) is 9.59 Å². The van der Waals surface area contributed by atoms with Crippen LogP contribution in [0.4, 0.5) is 0 Å². The summed E-state index contributed by atoms with van der Waals surface area (Å²) in [6.07, 6.45) is 3.05. The van der Waals surface area contributed by atoms with Crippen LogP contribution in [0.2, 0.25) is 0 Å². The summed E-state index contributed by atoms with van der Waals surface area (Å²) in [5, 5.41) is 1.98. The molecule has 0 aliphatic carbocycles. The molecule has 0 atom stereocenters. The summed E-state index contributed by atoms with van der Waals surface area (Å²) in [6, 6.07) is 18.9. The van der Waals surface area contributed by atoms with Crippen LogP contribution in [0.3, 0.4) is 0 Å². The van der Waals surface area contributed by atoms with Crippen molar-refractivity contribution in [1.29, 1.82) is 0 Å². The molecule has 4 heteroatoms. The van der Waals surface area contributed by atoms with Gasteiger partial charge in [-0.2, -0.15) is 0 Å². The Morgan fingerprint density at radius 2 is 1.80 bits per heavy atom. The molecule has 3 nitrogen and oxygen atoms in total. The van der Waals surface area contributed by atoms with Crippen molar-refractivity contribution < 1.29 is 9.59 Å². The van der Waals surface area contributed by atoms with Gasteiger partial charge in [0, 0.05) is 33.5 Å². The molecule has 0 saturated carbocycles. The van der Waals surface area contributed by atoms with Crippen molar-refractivity contribution >= 4 is 28.9 Å². The Balaban J connectivity index is 1.92. The number of aromatic nitrogens is 1. The van der Waals surface area contributed by atoms with Crippen LogP contribution in [0, 0.1) is 0 Å². The lowest BCUT2D eigenvalue weighted by Gasteiger charge is -2.06. The number of carbonyl (C=O) groups excluding carboxylic acids is 2. The van der Waals surface area contributed by atoms with E-state index in [0.29, 0.717) is 11.1 Å². The number of fused-ring (bicyclic) bond motifs is 1. The van der Waals surface area contributed by atoms with E-state index in [1.165, 1.54) is 0 Å². The Morgan fingerprint density at radius 3 is 2.52 bits per heavy atom. The molecule has 3 aromatic heterocycles. The normalized spacial score (nSPS) is 10.9. The minimum Gasteiger partial charge on any atom is -0.319 e. The predicted molar refractivity (Wildman–Crippen MR) is 101 cm³/mol. The van der Waals surface area contributed by atoms with E-state index in [1.807, 2.05) is 76.6 Å². The van der Waals surface area contributed by atoms with Crippen LogP contribution in [-0.4, -0.2) is 16.5 Å². The molecular formula is C21H15NO2S. The lowest BCUT2D eigenvalue weighted by molar-refractivity contribution is 0.0991. The molecule has 4 aromatic rings. The van der Waals surface area contributed by atoms with Gasteiger partial charge in [-0.15, -0.1) is 11.3 Å². The van der Waals surface area contributed by atoms with Gasteiger partial charge in [-0.05, 0) is 23.6 Å². The highest BCUT2D eigenvalue weighted by molar-refractivity contribution is 7.13. The number of carbonyl (C=O) groups is 2. The third kappa shape index (κ3) is 2.71. The van der Waals surface area contributed by atoms with Crippen LogP contribution in [0.5, 0.6) is 0 Å². The van der Waals surface area contributed by atoms with E-state index >= 15 is 0 Å². The highest BCUT2D eigenvalue weighted by Gasteiger charge is 2.22. The maximum absolute atomic E-state index is 12.8. The fourth-order valence-corrected chi connectivity index (χ4v) is 3.98. The van der Waals surface area contributed by atoms with Crippen LogP contribution < -0.4 is 0 Å². The average Bonchev–Trinajstić information content (AvgIpc) is 3.28. The van der Waals surface area contributed by atoms with Crippen LogP contribution in [-0.2, 0) is 6.42 Å². The fraction of sp³-hybridized carbons (Fsp3) is 0.0476. The number of aldehydes is 1. The molecule has 0 amide bonds. The van der Waals surface area contributed by atoms with Crippen molar-refractivity contribution in [3.05, 3.63) is 89.1 Å². The summed E-state index contributed by atoms with van der Waals surface area (Å²) in [7, 11) is 0. The molecule has 0 bridgehead atoms. The zero-order valence-corrected chi connectivity index (χ0v) is 14.2. The van der Waals surface area contributed by atoms with Gasteiger partial charge in [0.25, 0.3) is 0 Å². The minimum absolute atomic E-state index is 0.0408. The Hall–Kier alpha value is -2.98. The molecule has 4 rings (SSSR count). The van der Waals surface area contributed by atoms with Crippen molar-refractivity contribution in [2.75, 3.05) is 0 Å². The van der Waals surface area contributed by atoms with Gasteiger partial charge in [0.05, 0.1) is 11.9 Å². The second-order valence-electron chi connectivity index (χ2n) is 5.75. The van der Waals surface area contributed by atoms with Crippen molar-refractivity contribution in [3.63, 3.8) is 0 Å². The molecule has 0 aliphatic heterocycles. The molecular weight excluding hydrogens is 330 g/mol. The van der Waals surface area contributed by atoms with Crippen LogP contribution in [0.15, 0.2) is 72.2 Å². The van der Waals surface area contributed by atoms with Crippen molar-refractivity contribution in [1.82, 2.24) is 4.40 Å². The third-order valence-electron chi connectivity index (χ3n) is 4.29. The van der Waals surface area contributed by atoms with Crippen molar-refractivity contribution in [2.24, 2.45) is 0 Å². The van der Waals surface area contributed by atoms with Gasteiger partial charge in [-0.1, -0.05) is 42.5 Å². The first-order valence-electron chi connectivity index (χ1n) is 7.99. The monoisotopic (exact) mass is 345 g/mol. The van der Waals surface area contributed by atoms with E-state index in [4.69, 9.17) is 0 Å². The Morgan fingerprint density at radius 1 is 1.00 bits per heavy atom. The van der Waals surface area contributed by atoms with E-state index in [9.17, 15) is 9.59 Å². The number of nitrogens with zero attached hydrogens (tertiary/aromatic N) is 1. The standard InChI is InChI=1S/C21H15NO2S/c23-14-16-17-9-4-5-11-22(17)18(21(16)20-10-6-12-25-20)13-19(24)15-7-2-1-3-8-15/h1-12,14H,13H2. The van der Waals surface area contributed by atoms with Gasteiger partial charge in [0.15, 0.2) is 12.1 Å². The fourth-order valence-electron chi connectivity index (χ4n) is 3.17. The van der Waals surface area contributed by atoms with Gasteiger partial charge >= 0.3 is 0 Å². The first-order valence-corrected chi connectivity index (χ1v) is 8.87. The lowest BCUT2D eigenvalue weighted by Crippen LogP contribution is -2.06. The first kappa shape index (κ1) is 15.5. The SMILES string of the molecule is O=Cc1c(-c2cccs2)c(CC(=O)c2ccccc2)n2ccccc12. The van der Waals surface area contributed by atoms with Gasteiger partial charge in [-0.25, -0.2) is 0 Å². The van der Waals surface area contributed by atoms with Crippen LogP contribution in [0.25, 0.3) is 16.0 Å². The highest BCUT2D eigenvalue weighted by atomic mass is 32.1. The Bertz CT molecular complexity index is 1050. The minimum atomic E-state index is 0.0408. The lowest BCUT2D eigenvalue weighted by atomic mass is 10.0. The van der Waals surface area contributed by atoms with Crippen LogP contribution >= 0.6 is 11.3 Å². The van der Waals surface area contributed by atoms with E-state index in [1.54, 1.807) is 11.3 Å². The summed E-state index contributed by atoms with van der Waals surface area (Å²) >= 11 is 1.57. The molecule has 0 spiro atoms. The Labute approximate surface area is 149 Å². The second kappa shape index (κ2) is 6.49. The molecule has 122 valence electrons. The van der Waals surface area contributed by atoms with Gasteiger partial charge in [0.2, 0.25) is 0 Å². The zero-order valence-electron chi connectivity index (χ0n) is 13.4. The van der Waals surface area contributed by atoms with Gasteiger partial charge in [0.1, 0.15) is 0 Å². The van der Waals surface area contributed by atoms with Gasteiger partial charge < -0.3 is 4.40 Å². The van der Waals surface area contributed by atoms with Crippen LogP contribution in [0.1, 0.15) is 26.4 Å². The van der Waals surface area contributed by atoms with Crippen molar-refractivity contribution in [3.8, 4) is 10.4 Å². The number of thiophene rings is 1. The molecule has 0 unspecified atom stereocenters. The van der Waals surface area contributed by atoms with E-state index in [0.717, 1.165) is 27.9 Å². The smallest absolute Gasteiger partial charge is 0.168 e. The molecule has 3 heterocycles. The second-order valence-corrected chi connectivity index (χ2v) is 6.70. The zero-order chi connectivity index (χ0) is 17.2. The number of Topliss-reactive ketones (excluding diaryl/α,β-unsaturated/α-hetero) is 1. The van der Waals surface area contributed by atoms with Crippen molar-refractivity contribution in [2.45, 2.75) is 6.42 Å². The Kier molecular flexibility index (Phi) is 4.04. The number of rotatable bonds is 5. The predicted octanol–water partition coefficient (Wildman–Crippen LogP) is 4.91. The summed E-state index contributed by atoms with van der Waals surface area (Å²) in [6.45, 7) is 0. The molecule has 0 saturated heterocycles. The quantitative estimate of drug-likeness (QED) is 0.381. The molecule has 0 N–H and O–H groups in total. The number of benzene rings is 1. The first-order chi connectivity index (χ1) is 12.3. The maximum atomic E-state index is 12.8. The number of ketones is 1. The molecule has 0 fully saturated rings. The largest absolute Gasteiger partial charge is 0.319 e. The summed E-state index contributed by atoms with van der Waals surface area (Å²) in [5.41, 5.74) is 3.86. The highest BCUT2D eigenvalue weighted by Crippen LogP contribution is 2.35.